The van der Waals surface area contributed by atoms with Crippen LogP contribution in [0.1, 0.15) is 24.0 Å². The Morgan fingerprint density at radius 1 is 1.40 bits per heavy atom. The molecule has 1 aromatic rings. The molecule has 2 N–H and O–H groups in total. The summed E-state index contributed by atoms with van der Waals surface area (Å²) in [5, 5.41) is 0. The standard InChI is InChI=1S/C10H11BrF3N/c1-6(5-15)9-7(10(12,13)14)3-2-4-8(9)11/h2-4,6H,5,15H2,1H3. The molecule has 0 saturated heterocycles. The molecule has 84 valence electrons. The number of hydrogen-bond acceptors (Lipinski definition) is 1. The van der Waals surface area contributed by atoms with Gasteiger partial charge in [-0.1, -0.05) is 28.9 Å². The van der Waals surface area contributed by atoms with Crippen molar-refractivity contribution in [3.63, 3.8) is 0 Å². The van der Waals surface area contributed by atoms with Gasteiger partial charge in [0, 0.05) is 4.47 Å². The second-order valence-corrected chi connectivity index (χ2v) is 4.19. The van der Waals surface area contributed by atoms with E-state index >= 15 is 0 Å². The van der Waals surface area contributed by atoms with E-state index in [-0.39, 0.29) is 18.0 Å². The molecule has 1 nitrogen and oxygen atoms in total. The lowest BCUT2D eigenvalue weighted by Crippen LogP contribution is -2.16. The summed E-state index contributed by atoms with van der Waals surface area (Å²) in [4.78, 5) is 0. The fraction of sp³-hybridized carbons (Fsp3) is 0.400. The van der Waals surface area contributed by atoms with Gasteiger partial charge in [-0.05, 0) is 30.2 Å². The highest BCUT2D eigenvalue weighted by Gasteiger charge is 2.34. The summed E-state index contributed by atoms with van der Waals surface area (Å²) in [7, 11) is 0. The van der Waals surface area contributed by atoms with Crippen LogP contribution in [0.5, 0.6) is 0 Å². The van der Waals surface area contributed by atoms with E-state index in [1.807, 2.05) is 0 Å². The maximum Gasteiger partial charge on any atom is 0.416 e. The second kappa shape index (κ2) is 4.53. The summed E-state index contributed by atoms with van der Waals surface area (Å²) < 4.78 is 38.4. The molecule has 0 radical (unpaired) electrons. The Kier molecular flexibility index (Phi) is 3.78. The molecule has 0 aromatic heterocycles. The third-order valence-corrected chi connectivity index (χ3v) is 2.90. The largest absolute Gasteiger partial charge is 0.416 e. The molecule has 1 rings (SSSR count). The van der Waals surface area contributed by atoms with Crippen LogP contribution in [0.3, 0.4) is 0 Å². The van der Waals surface area contributed by atoms with Crippen LogP contribution in [-0.4, -0.2) is 6.54 Å². The molecule has 0 aliphatic rings. The van der Waals surface area contributed by atoms with E-state index in [4.69, 9.17) is 5.73 Å². The lowest BCUT2D eigenvalue weighted by atomic mass is 9.95. The van der Waals surface area contributed by atoms with Crippen molar-refractivity contribution in [1.82, 2.24) is 0 Å². The number of alkyl halides is 3. The minimum atomic E-state index is -4.33. The van der Waals surface area contributed by atoms with Crippen LogP contribution in [0.25, 0.3) is 0 Å². The van der Waals surface area contributed by atoms with Gasteiger partial charge in [0.25, 0.3) is 0 Å². The van der Waals surface area contributed by atoms with Gasteiger partial charge < -0.3 is 5.73 Å². The second-order valence-electron chi connectivity index (χ2n) is 3.34. The Bertz CT molecular complexity index is 349. The third-order valence-electron chi connectivity index (χ3n) is 2.20. The Hall–Kier alpha value is -0.550. The monoisotopic (exact) mass is 281 g/mol. The smallest absolute Gasteiger partial charge is 0.330 e. The van der Waals surface area contributed by atoms with Gasteiger partial charge in [0.15, 0.2) is 0 Å². The quantitative estimate of drug-likeness (QED) is 0.882. The Morgan fingerprint density at radius 2 is 2.00 bits per heavy atom. The molecule has 1 atom stereocenters. The highest BCUT2D eigenvalue weighted by molar-refractivity contribution is 9.10. The van der Waals surface area contributed by atoms with Gasteiger partial charge in [-0.25, -0.2) is 0 Å². The zero-order chi connectivity index (χ0) is 11.6. The lowest BCUT2D eigenvalue weighted by Gasteiger charge is -2.18. The molecule has 1 aromatic carbocycles. The van der Waals surface area contributed by atoms with E-state index in [2.05, 4.69) is 15.9 Å². The van der Waals surface area contributed by atoms with Crippen molar-refractivity contribution in [3.05, 3.63) is 33.8 Å². The van der Waals surface area contributed by atoms with E-state index < -0.39 is 11.7 Å². The van der Waals surface area contributed by atoms with E-state index in [0.717, 1.165) is 6.07 Å². The van der Waals surface area contributed by atoms with E-state index in [9.17, 15) is 13.2 Å². The van der Waals surface area contributed by atoms with E-state index in [1.54, 1.807) is 13.0 Å². The van der Waals surface area contributed by atoms with Gasteiger partial charge in [0.1, 0.15) is 0 Å². The maximum absolute atomic E-state index is 12.7. The van der Waals surface area contributed by atoms with Crippen molar-refractivity contribution in [1.29, 1.82) is 0 Å². The summed E-state index contributed by atoms with van der Waals surface area (Å²) in [5.41, 5.74) is 5.01. The van der Waals surface area contributed by atoms with Crippen LogP contribution in [0.2, 0.25) is 0 Å². The molecular weight excluding hydrogens is 271 g/mol. The zero-order valence-corrected chi connectivity index (χ0v) is 9.69. The molecule has 5 heteroatoms. The minimum Gasteiger partial charge on any atom is -0.330 e. The summed E-state index contributed by atoms with van der Waals surface area (Å²) in [5.74, 6) is -0.322. The Balaban J connectivity index is 3.33. The van der Waals surface area contributed by atoms with Gasteiger partial charge in [-0.3, -0.25) is 0 Å². The van der Waals surface area contributed by atoms with Gasteiger partial charge >= 0.3 is 6.18 Å². The van der Waals surface area contributed by atoms with Crippen molar-refractivity contribution in [3.8, 4) is 0 Å². The topological polar surface area (TPSA) is 26.0 Å². The summed E-state index contributed by atoms with van der Waals surface area (Å²) in [6.07, 6.45) is -4.33. The van der Waals surface area contributed by atoms with Gasteiger partial charge in [-0.15, -0.1) is 0 Å². The molecule has 0 amide bonds. The van der Waals surface area contributed by atoms with Gasteiger partial charge in [0.2, 0.25) is 0 Å². The first-order valence-corrected chi connectivity index (χ1v) is 5.23. The van der Waals surface area contributed by atoms with Crippen LogP contribution in [0.15, 0.2) is 22.7 Å². The van der Waals surface area contributed by atoms with Crippen molar-refractivity contribution in [2.24, 2.45) is 5.73 Å². The van der Waals surface area contributed by atoms with Crippen molar-refractivity contribution in [2.45, 2.75) is 19.0 Å². The summed E-state index contributed by atoms with van der Waals surface area (Å²) in [6, 6.07) is 4.04. The fourth-order valence-electron chi connectivity index (χ4n) is 1.40. The molecule has 15 heavy (non-hydrogen) atoms. The predicted molar refractivity (Wildman–Crippen MR) is 56.6 cm³/mol. The molecule has 0 heterocycles. The fourth-order valence-corrected chi connectivity index (χ4v) is 2.16. The highest BCUT2D eigenvalue weighted by atomic mass is 79.9. The lowest BCUT2D eigenvalue weighted by molar-refractivity contribution is -0.138. The van der Waals surface area contributed by atoms with Crippen molar-refractivity contribution >= 4 is 15.9 Å². The molecule has 1 unspecified atom stereocenters. The van der Waals surface area contributed by atoms with E-state index in [0.29, 0.717) is 4.47 Å². The van der Waals surface area contributed by atoms with Crippen LogP contribution in [0, 0.1) is 0 Å². The first-order valence-electron chi connectivity index (χ1n) is 4.43. The molecule has 0 fully saturated rings. The summed E-state index contributed by atoms with van der Waals surface area (Å²) in [6.45, 7) is 1.86. The molecule has 0 spiro atoms. The average molecular weight is 282 g/mol. The number of halogens is 4. The Labute approximate surface area is 94.6 Å². The first-order chi connectivity index (χ1) is 6.88. The normalized spacial score (nSPS) is 14.0. The number of nitrogens with two attached hydrogens (primary N) is 1. The molecule has 0 saturated carbocycles. The number of hydrogen-bond donors (Lipinski definition) is 1. The van der Waals surface area contributed by atoms with Gasteiger partial charge in [-0.2, -0.15) is 13.2 Å². The van der Waals surface area contributed by atoms with Crippen LogP contribution >= 0.6 is 15.9 Å². The maximum atomic E-state index is 12.7. The SMILES string of the molecule is CC(CN)c1c(Br)cccc1C(F)(F)F. The Morgan fingerprint density at radius 3 is 2.47 bits per heavy atom. The first kappa shape index (κ1) is 12.5. The molecule has 0 bridgehead atoms. The molecular formula is C10H11BrF3N. The third kappa shape index (κ3) is 2.72. The molecule has 0 aliphatic carbocycles. The predicted octanol–water partition coefficient (Wildman–Crippen LogP) is 3.53. The highest BCUT2D eigenvalue weighted by Crippen LogP contribution is 2.38. The zero-order valence-electron chi connectivity index (χ0n) is 8.11. The minimum absolute atomic E-state index is 0.186. The number of benzene rings is 1. The number of rotatable bonds is 2. The van der Waals surface area contributed by atoms with Crippen LogP contribution in [-0.2, 0) is 6.18 Å². The average Bonchev–Trinajstić information content (AvgIpc) is 2.15. The van der Waals surface area contributed by atoms with Crippen molar-refractivity contribution in [2.75, 3.05) is 6.54 Å². The van der Waals surface area contributed by atoms with Crippen LogP contribution in [0.4, 0.5) is 13.2 Å². The van der Waals surface area contributed by atoms with Crippen molar-refractivity contribution < 1.29 is 13.2 Å². The van der Waals surface area contributed by atoms with Crippen LogP contribution < -0.4 is 5.73 Å². The van der Waals surface area contributed by atoms with Gasteiger partial charge in [0.05, 0.1) is 5.56 Å². The summed E-state index contributed by atoms with van der Waals surface area (Å²) >= 11 is 3.13. The molecule has 0 aliphatic heterocycles. The van der Waals surface area contributed by atoms with E-state index in [1.165, 1.54) is 6.07 Å².